The lowest BCUT2D eigenvalue weighted by Crippen LogP contribution is -2.14. The lowest BCUT2D eigenvalue weighted by atomic mass is 10.2. The summed E-state index contributed by atoms with van der Waals surface area (Å²) in [4.78, 5) is 22.8. The average Bonchev–Trinajstić information content (AvgIpc) is 2.54. The smallest absolute Gasteiger partial charge is 0.404 e. The Morgan fingerprint density at radius 3 is 2.39 bits per heavy atom. The highest BCUT2D eigenvalue weighted by Crippen LogP contribution is 2.42. The minimum Gasteiger partial charge on any atom is -0.449 e. The molecule has 0 saturated carbocycles. The van der Waals surface area contributed by atoms with Crippen LogP contribution in [0.25, 0.3) is 0 Å². The highest BCUT2D eigenvalue weighted by atomic mass is 33.1. The molecule has 0 aromatic heterocycles. The van der Waals surface area contributed by atoms with Gasteiger partial charge in [-0.15, -0.1) is 0 Å². The van der Waals surface area contributed by atoms with E-state index in [0.29, 0.717) is 11.3 Å². The van der Waals surface area contributed by atoms with Crippen molar-refractivity contribution in [2.45, 2.75) is 16.2 Å². The van der Waals surface area contributed by atoms with Gasteiger partial charge in [-0.3, -0.25) is 10.1 Å². The third-order valence-electron chi connectivity index (χ3n) is 2.87. The molecule has 0 unspecified atom stereocenters. The van der Waals surface area contributed by atoms with Gasteiger partial charge in [0.15, 0.2) is 0 Å². The molecule has 2 aromatic rings. The minimum atomic E-state index is -0.801. The Morgan fingerprint density at radius 1 is 1.09 bits per heavy atom. The van der Waals surface area contributed by atoms with Crippen LogP contribution in [0.2, 0.25) is 0 Å². The number of carbonyl (C=O) groups excluding carboxylic acids is 1. The zero-order valence-electron chi connectivity index (χ0n) is 12.0. The molecule has 120 valence electrons. The molecule has 0 aliphatic heterocycles. The van der Waals surface area contributed by atoms with Gasteiger partial charge in [0.05, 0.1) is 16.4 Å². The molecule has 0 atom stereocenters. The number of nitro benzene ring substituents is 1. The maximum absolute atomic E-state index is 11.0. The largest absolute Gasteiger partial charge is 0.449 e. The Hall–Kier alpha value is -2.19. The molecule has 6 nitrogen and oxygen atoms in total. The summed E-state index contributed by atoms with van der Waals surface area (Å²) in [5, 5.41) is 11.0. The number of ether oxygens (including phenoxy) is 1. The number of nitrogens with two attached hydrogens (primary N) is 1. The number of primary amides is 1. The molecular weight excluding hydrogens is 336 g/mol. The van der Waals surface area contributed by atoms with Crippen molar-refractivity contribution in [3.05, 3.63) is 64.2 Å². The van der Waals surface area contributed by atoms with Crippen LogP contribution in [0.15, 0.2) is 58.3 Å². The van der Waals surface area contributed by atoms with Gasteiger partial charge in [-0.1, -0.05) is 41.1 Å². The zero-order chi connectivity index (χ0) is 16.7. The van der Waals surface area contributed by atoms with E-state index in [1.54, 1.807) is 18.2 Å². The van der Waals surface area contributed by atoms with Gasteiger partial charge in [0.25, 0.3) is 5.69 Å². The van der Waals surface area contributed by atoms with Crippen LogP contribution in [0.1, 0.15) is 5.56 Å². The molecule has 0 aliphatic rings. The monoisotopic (exact) mass is 350 g/mol. The van der Waals surface area contributed by atoms with Crippen molar-refractivity contribution >= 4 is 33.4 Å². The highest BCUT2D eigenvalue weighted by molar-refractivity contribution is 8.76. The third kappa shape index (κ3) is 5.19. The van der Waals surface area contributed by atoms with Crippen LogP contribution in [0.3, 0.4) is 0 Å². The molecule has 2 N–H and O–H groups in total. The first-order valence-electron chi connectivity index (χ1n) is 6.66. The van der Waals surface area contributed by atoms with Crippen LogP contribution in [-0.4, -0.2) is 17.6 Å². The zero-order valence-corrected chi connectivity index (χ0v) is 13.6. The van der Waals surface area contributed by atoms with Crippen LogP contribution in [0.4, 0.5) is 10.5 Å². The first-order chi connectivity index (χ1) is 11.1. The van der Waals surface area contributed by atoms with Gasteiger partial charge in [-0.2, -0.15) is 0 Å². The van der Waals surface area contributed by atoms with E-state index in [9.17, 15) is 14.9 Å². The summed E-state index contributed by atoms with van der Waals surface area (Å²) >= 11 is 0. The molecule has 8 heteroatoms. The molecule has 0 bridgehead atoms. The van der Waals surface area contributed by atoms with Gasteiger partial charge in [-0.05, 0) is 28.5 Å². The number of hydrogen-bond donors (Lipinski definition) is 1. The fourth-order valence-electron chi connectivity index (χ4n) is 1.82. The van der Waals surface area contributed by atoms with Crippen LogP contribution >= 0.6 is 21.6 Å². The number of amides is 1. The van der Waals surface area contributed by atoms with Gasteiger partial charge in [-0.25, -0.2) is 4.79 Å². The average molecular weight is 350 g/mol. The number of para-hydroxylation sites is 1. The number of benzene rings is 2. The summed E-state index contributed by atoms with van der Waals surface area (Å²) in [6.45, 7) is 0.197. The topological polar surface area (TPSA) is 95.5 Å². The van der Waals surface area contributed by atoms with Crippen LogP contribution < -0.4 is 5.73 Å². The molecule has 2 aromatic carbocycles. The van der Waals surface area contributed by atoms with Crippen LogP contribution in [0.5, 0.6) is 0 Å². The number of nitro groups is 1. The lowest BCUT2D eigenvalue weighted by Gasteiger charge is -2.08. The van der Waals surface area contributed by atoms with E-state index in [1.165, 1.54) is 27.7 Å². The van der Waals surface area contributed by atoms with E-state index in [2.05, 4.69) is 0 Å². The fraction of sp³-hybridized carbons (Fsp3) is 0.133. The Kier molecular flexibility index (Phi) is 6.30. The molecule has 1 amide bonds. The number of carbonyl (C=O) groups is 1. The van der Waals surface area contributed by atoms with Crippen molar-refractivity contribution < 1.29 is 14.5 Å². The van der Waals surface area contributed by atoms with Gasteiger partial charge in [0.1, 0.15) is 0 Å². The van der Waals surface area contributed by atoms with Gasteiger partial charge < -0.3 is 10.5 Å². The van der Waals surface area contributed by atoms with E-state index in [-0.39, 0.29) is 12.3 Å². The van der Waals surface area contributed by atoms with Gasteiger partial charge in [0, 0.05) is 17.4 Å². The summed E-state index contributed by atoms with van der Waals surface area (Å²) < 4.78 is 4.75. The SMILES string of the molecule is NC(=O)OCCc1ccccc1SSc1ccccc1[N+](=O)[O-]. The molecule has 0 heterocycles. The standard InChI is InChI=1S/C15H14N2O4S2/c16-15(18)21-10-9-11-5-1-3-7-13(11)22-23-14-8-4-2-6-12(14)17(19)20/h1-8H,9-10H2,(H2,16,18). The predicted octanol–water partition coefficient (Wildman–Crippen LogP) is 4.03. The predicted molar refractivity (Wildman–Crippen MR) is 90.5 cm³/mol. The molecule has 0 aliphatic carbocycles. The van der Waals surface area contributed by atoms with Crippen molar-refractivity contribution in [3.63, 3.8) is 0 Å². The van der Waals surface area contributed by atoms with E-state index in [4.69, 9.17) is 10.5 Å². The van der Waals surface area contributed by atoms with Crippen molar-refractivity contribution in [3.8, 4) is 0 Å². The van der Waals surface area contributed by atoms with Gasteiger partial charge in [0.2, 0.25) is 0 Å². The summed E-state index contributed by atoms with van der Waals surface area (Å²) in [7, 11) is 2.76. The summed E-state index contributed by atoms with van der Waals surface area (Å²) in [6, 6.07) is 14.2. The Labute approximate surface area is 140 Å². The Bertz CT molecular complexity index is 709. The van der Waals surface area contributed by atoms with E-state index in [0.717, 1.165) is 10.5 Å². The van der Waals surface area contributed by atoms with Crippen LogP contribution in [-0.2, 0) is 11.2 Å². The lowest BCUT2D eigenvalue weighted by molar-refractivity contribution is -0.387. The highest BCUT2D eigenvalue weighted by Gasteiger charge is 2.14. The quantitative estimate of drug-likeness (QED) is 0.460. The molecule has 0 fully saturated rings. The van der Waals surface area contributed by atoms with Gasteiger partial charge >= 0.3 is 6.09 Å². The second-order valence-corrected chi connectivity index (χ2v) is 6.63. The summed E-state index contributed by atoms with van der Waals surface area (Å²) in [5.41, 5.74) is 6.01. The number of nitrogens with zero attached hydrogens (tertiary/aromatic N) is 1. The third-order valence-corrected chi connectivity index (χ3v) is 5.38. The summed E-state index contributed by atoms with van der Waals surface area (Å²) in [6.07, 6.45) is -0.270. The van der Waals surface area contributed by atoms with Crippen molar-refractivity contribution in [2.24, 2.45) is 5.73 Å². The number of hydrogen-bond acceptors (Lipinski definition) is 6. The first-order valence-corrected chi connectivity index (χ1v) is 8.81. The Morgan fingerprint density at radius 2 is 1.70 bits per heavy atom. The number of rotatable bonds is 7. The molecule has 0 radical (unpaired) electrons. The summed E-state index contributed by atoms with van der Waals surface area (Å²) in [5.74, 6) is 0. The maximum Gasteiger partial charge on any atom is 0.404 e. The molecule has 2 rings (SSSR count). The van der Waals surface area contributed by atoms with Crippen molar-refractivity contribution in [1.82, 2.24) is 0 Å². The normalized spacial score (nSPS) is 10.3. The maximum atomic E-state index is 11.0. The Balaban J connectivity index is 2.06. The molecular formula is C15H14N2O4S2. The minimum absolute atomic E-state index is 0.0829. The fourth-order valence-corrected chi connectivity index (χ4v) is 4.22. The molecule has 0 spiro atoms. The molecule has 0 saturated heterocycles. The second kappa shape index (κ2) is 8.44. The first kappa shape index (κ1) is 17.2. The molecule has 23 heavy (non-hydrogen) atoms. The second-order valence-electron chi connectivity index (χ2n) is 4.42. The van der Waals surface area contributed by atoms with Crippen molar-refractivity contribution in [1.29, 1.82) is 0 Å². The van der Waals surface area contributed by atoms with E-state index >= 15 is 0 Å². The van der Waals surface area contributed by atoms with Crippen LogP contribution in [0, 0.1) is 10.1 Å². The van der Waals surface area contributed by atoms with E-state index < -0.39 is 11.0 Å². The van der Waals surface area contributed by atoms with Crippen molar-refractivity contribution in [2.75, 3.05) is 6.61 Å². The van der Waals surface area contributed by atoms with E-state index in [1.807, 2.05) is 24.3 Å².